The fourth-order valence-corrected chi connectivity index (χ4v) is 3.47. The fourth-order valence-electron chi connectivity index (χ4n) is 3.47. The van der Waals surface area contributed by atoms with Gasteiger partial charge in [-0.2, -0.15) is 0 Å². The molecule has 25 heavy (non-hydrogen) atoms. The zero-order valence-corrected chi connectivity index (χ0v) is 13.2. The lowest BCUT2D eigenvalue weighted by atomic mass is 9.76. The number of furan rings is 1. The largest absolute Gasteiger partial charge is 0.466 e. The molecule has 2 fully saturated rings. The highest BCUT2D eigenvalue weighted by atomic mass is 16.6. The molecule has 0 bridgehead atoms. The van der Waals surface area contributed by atoms with Crippen molar-refractivity contribution in [3.8, 4) is 0 Å². The molecule has 142 valence electrons. The maximum atomic E-state index is 10.7. The summed E-state index contributed by atoms with van der Waals surface area (Å²) in [6, 6.07) is 2.87. The van der Waals surface area contributed by atoms with Crippen molar-refractivity contribution in [3.05, 3.63) is 24.2 Å². The number of hydrogen-bond donors (Lipinski definition) is 7. The summed E-state index contributed by atoms with van der Waals surface area (Å²) in [7, 11) is 0. The van der Waals surface area contributed by atoms with Crippen molar-refractivity contribution in [1.29, 1.82) is 0 Å². The number of ether oxygens (including phenoxy) is 2. The van der Waals surface area contributed by atoms with Gasteiger partial charge >= 0.3 is 0 Å². The zero-order chi connectivity index (χ0) is 18.4. The van der Waals surface area contributed by atoms with Crippen LogP contribution in [0.2, 0.25) is 0 Å². The maximum Gasteiger partial charge on any atom is 0.183 e. The molecule has 0 amide bonds. The Kier molecular flexibility index (Phi) is 4.92. The lowest BCUT2D eigenvalue weighted by Crippen LogP contribution is -2.69. The number of aliphatic hydroxyl groups excluding tert-OH is 6. The number of rotatable bonds is 4. The van der Waals surface area contributed by atoms with Crippen LogP contribution in [0, 0.1) is 0 Å². The highest BCUT2D eigenvalue weighted by Gasteiger charge is 2.66. The summed E-state index contributed by atoms with van der Waals surface area (Å²) in [5.41, 5.74) is -4.04. The first-order valence-corrected chi connectivity index (χ1v) is 7.81. The molecule has 2 saturated heterocycles. The minimum absolute atomic E-state index is 0.0457. The third-order valence-electron chi connectivity index (χ3n) is 4.97. The van der Waals surface area contributed by atoms with Crippen LogP contribution in [0.4, 0.5) is 0 Å². The second kappa shape index (κ2) is 6.58. The van der Waals surface area contributed by atoms with E-state index in [1.807, 2.05) is 0 Å². The van der Waals surface area contributed by atoms with Crippen molar-refractivity contribution in [3.63, 3.8) is 0 Å². The van der Waals surface area contributed by atoms with Crippen LogP contribution >= 0.6 is 0 Å². The Morgan fingerprint density at radius 1 is 1.08 bits per heavy atom. The molecular formula is C15H22O10. The van der Waals surface area contributed by atoms with E-state index in [1.165, 1.54) is 18.4 Å². The average molecular weight is 362 g/mol. The van der Waals surface area contributed by atoms with Gasteiger partial charge in [0, 0.05) is 0 Å². The molecule has 1 aromatic rings. The summed E-state index contributed by atoms with van der Waals surface area (Å²) in [4.78, 5) is 0. The van der Waals surface area contributed by atoms with E-state index >= 15 is 0 Å². The van der Waals surface area contributed by atoms with Crippen LogP contribution in [-0.4, -0.2) is 97.8 Å². The van der Waals surface area contributed by atoms with E-state index in [0.717, 1.165) is 0 Å². The van der Waals surface area contributed by atoms with E-state index in [4.69, 9.17) is 13.9 Å². The molecule has 0 aromatic carbocycles. The minimum atomic E-state index is -2.03. The van der Waals surface area contributed by atoms with Gasteiger partial charge in [-0.1, -0.05) is 0 Å². The SMILES string of the molecule is OC[C@H]1O[C@](c2ccco2)(C2OCC(O)(CO)[C@H]2O)[C@@H](O)[C@@H](O)[C@@H]1O. The Labute approximate surface area is 142 Å². The van der Waals surface area contributed by atoms with Gasteiger partial charge < -0.3 is 49.6 Å². The van der Waals surface area contributed by atoms with Crippen LogP contribution in [0.5, 0.6) is 0 Å². The molecular weight excluding hydrogens is 340 g/mol. The van der Waals surface area contributed by atoms with Crippen LogP contribution < -0.4 is 0 Å². The van der Waals surface area contributed by atoms with Crippen molar-refractivity contribution < 1.29 is 49.6 Å². The average Bonchev–Trinajstić information content (AvgIpc) is 3.25. The number of hydrogen-bond acceptors (Lipinski definition) is 10. The second-order valence-electron chi connectivity index (χ2n) is 6.47. The first kappa shape index (κ1) is 18.7. The maximum absolute atomic E-state index is 10.7. The van der Waals surface area contributed by atoms with Crippen LogP contribution in [0.1, 0.15) is 5.76 Å². The molecule has 0 radical (unpaired) electrons. The van der Waals surface area contributed by atoms with Gasteiger partial charge in [0.15, 0.2) is 5.60 Å². The Bertz CT molecular complexity index is 577. The predicted octanol–water partition coefficient (Wildman–Crippen LogP) is -3.57. The van der Waals surface area contributed by atoms with Gasteiger partial charge in [-0.15, -0.1) is 0 Å². The molecule has 0 aliphatic carbocycles. The smallest absolute Gasteiger partial charge is 0.183 e. The van der Waals surface area contributed by atoms with Crippen LogP contribution in [-0.2, 0) is 15.1 Å². The van der Waals surface area contributed by atoms with E-state index in [0.29, 0.717) is 0 Å². The first-order chi connectivity index (χ1) is 11.8. The summed E-state index contributed by atoms with van der Waals surface area (Å²) in [6.07, 6.45) is -8.40. The summed E-state index contributed by atoms with van der Waals surface area (Å²) in [6.45, 7) is -1.97. The molecule has 0 saturated carbocycles. The topological polar surface area (TPSA) is 173 Å². The Morgan fingerprint density at radius 3 is 2.32 bits per heavy atom. The molecule has 3 rings (SSSR count). The summed E-state index contributed by atoms with van der Waals surface area (Å²) in [5, 5.41) is 70.4. The summed E-state index contributed by atoms with van der Waals surface area (Å²) in [5.74, 6) is -0.0457. The molecule has 7 N–H and O–H groups in total. The van der Waals surface area contributed by atoms with Crippen molar-refractivity contribution >= 4 is 0 Å². The van der Waals surface area contributed by atoms with Gasteiger partial charge in [-0.3, -0.25) is 0 Å². The highest BCUT2D eigenvalue weighted by molar-refractivity contribution is 5.23. The molecule has 0 spiro atoms. The van der Waals surface area contributed by atoms with Crippen molar-refractivity contribution in [2.45, 2.75) is 47.8 Å². The fraction of sp³-hybridized carbons (Fsp3) is 0.733. The van der Waals surface area contributed by atoms with Gasteiger partial charge in [0.1, 0.15) is 48.0 Å². The summed E-state index contributed by atoms with van der Waals surface area (Å²) >= 11 is 0. The van der Waals surface area contributed by atoms with Gasteiger partial charge in [0.2, 0.25) is 0 Å². The molecule has 10 heteroatoms. The lowest BCUT2D eigenvalue weighted by molar-refractivity contribution is -0.318. The van der Waals surface area contributed by atoms with Crippen LogP contribution in [0.3, 0.4) is 0 Å². The van der Waals surface area contributed by atoms with Crippen LogP contribution in [0.25, 0.3) is 0 Å². The standard InChI is InChI=1S/C15H22O10/c16-4-7-9(18)10(19)11(20)15(25-7,8-2-1-3-23-8)13-12(21)14(22,5-17)6-24-13/h1-3,7,9-13,16-22H,4-6H2/t7-,9-,10+,11+,12+,13?,14?,15+/m1/s1. The van der Waals surface area contributed by atoms with Gasteiger partial charge in [-0.05, 0) is 12.1 Å². The van der Waals surface area contributed by atoms with Crippen molar-refractivity contribution in [1.82, 2.24) is 0 Å². The molecule has 2 aliphatic rings. The van der Waals surface area contributed by atoms with Crippen molar-refractivity contribution in [2.75, 3.05) is 19.8 Å². The lowest BCUT2D eigenvalue weighted by Gasteiger charge is -2.50. The van der Waals surface area contributed by atoms with Gasteiger partial charge in [0.25, 0.3) is 0 Å². The third-order valence-corrected chi connectivity index (χ3v) is 4.97. The highest BCUT2D eigenvalue weighted by Crippen LogP contribution is 2.47. The third kappa shape index (κ3) is 2.62. The minimum Gasteiger partial charge on any atom is -0.466 e. The number of aliphatic hydroxyl groups is 7. The van der Waals surface area contributed by atoms with Crippen LogP contribution in [0.15, 0.2) is 22.8 Å². The molecule has 10 nitrogen and oxygen atoms in total. The molecule has 3 heterocycles. The van der Waals surface area contributed by atoms with E-state index in [-0.39, 0.29) is 5.76 Å². The monoisotopic (exact) mass is 362 g/mol. The van der Waals surface area contributed by atoms with E-state index in [2.05, 4.69) is 0 Å². The van der Waals surface area contributed by atoms with Crippen molar-refractivity contribution in [2.24, 2.45) is 0 Å². The zero-order valence-electron chi connectivity index (χ0n) is 13.2. The first-order valence-electron chi connectivity index (χ1n) is 7.81. The Balaban J connectivity index is 2.09. The predicted molar refractivity (Wildman–Crippen MR) is 78.1 cm³/mol. The van der Waals surface area contributed by atoms with Gasteiger partial charge in [-0.25, -0.2) is 0 Å². The second-order valence-corrected chi connectivity index (χ2v) is 6.47. The van der Waals surface area contributed by atoms with Gasteiger partial charge in [0.05, 0.1) is 26.1 Å². The Hall–Kier alpha value is -1.08. The molecule has 8 atom stereocenters. The molecule has 2 aliphatic heterocycles. The summed E-state index contributed by atoms with van der Waals surface area (Å²) < 4.78 is 16.4. The van der Waals surface area contributed by atoms with E-state index < -0.39 is 67.6 Å². The van der Waals surface area contributed by atoms with E-state index in [1.54, 1.807) is 0 Å². The normalized spacial score (nSPS) is 48.0. The quantitative estimate of drug-likeness (QED) is 0.284. The molecule has 2 unspecified atom stereocenters. The van der Waals surface area contributed by atoms with E-state index in [9.17, 15) is 35.7 Å². The Morgan fingerprint density at radius 2 is 1.80 bits per heavy atom. The molecule has 1 aromatic heterocycles.